The van der Waals surface area contributed by atoms with Crippen LogP contribution < -0.4 is 0 Å². The molecule has 1 heterocycles. The van der Waals surface area contributed by atoms with Gasteiger partial charge >= 0.3 is 5.97 Å². The third-order valence-electron chi connectivity index (χ3n) is 3.52. The van der Waals surface area contributed by atoms with Crippen molar-refractivity contribution < 1.29 is 34.3 Å². The van der Waals surface area contributed by atoms with E-state index in [1.165, 1.54) is 7.11 Å². The summed E-state index contributed by atoms with van der Waals surface area (Å²) < 4.78 is 15.4. The number of aliphatic hydroxyl groups excluding tert-OH is 3. The number of hydrogen-bond acceptors (Lipinski definition) is 7. The zero-order chi connectivity index (χ0) is 16.1. The van der Waals surface area contributed by atoms with Gasteiger partial charge in [-0.3, -0.25) is 4.79 Å². The molecule has 1 aliphatic heterocycles. The highest BCUT2D eigenvalue weighted by Gasteiger charge is 2.45. The lowest BCUT2D eigenvalue weighted by molar-refractivity contribution is -0.300. The van der Waals surface area contributed by atoms with Crippen LogP contribution in [0.2, 0.25) is 0 Å². The Labute approximate surface area is 128 Å². The van der Waals surface area contributed by atoms with Crippen LogP contribution in [0.4, 0.5) is 0 Å². The van der Waals surface area contributed by atoms with Crippen LogP contribution in [0.5, 0.6) is 0 Å². The predicted molar refractivity (Wildman–Crippen MR) is 74.5 cm³/mol. The number of esters is 1. The molecule has 122 valence electrons. The van der Waals surface area contributed by atoms with Gasteiger partial charge in [-0.2, -0.15) is 0 Å². The number of carbonyl (C=O) groups is 1. The molecule has 1 aromatic carbocycles. The lowest BCUT2D eigenvalue weighted by atomic mass is 9.97. The third kappa shape index (κ3) is 4.02. The van der Waals surface area contributed by atoms with Gasteiger partial charge in [0.1, 0.15) is 18.3 Å². The number of rotatable bonds is 5. The highest BCUT2D eigenvalue weighted by molar-refractivity contribution is 5.69. The van der Waals surface area contributed by atoms with Gasteiger partial charge in [0.15, 0.2) is 6.29 Å². The van der Waals surface area contributed by atoms with Gasteiger partial charge in [-0.05, 0) is 5.56 Å². The van der Waals surface area contributed by atoms with Crippen LogP contribution >= 0.6 is 0 Å². The van der Waals surface area contributed by atoms with Crippen LogP contribution in [-0.4, -0.2) is 59.1 Å². The largest absolute Gasteiger partial charge is 0.469 e. The van der Waals surface area contributed by atoms with Gasteiger partial charge in [0.05, 0.1) is 26.2 Å². The first-order chi connectivity index (χ1) is 10.5. The van der Waals surface area contributed by atoms with Crippen molar-refractivity contribution in [2.24, 2.45) is 0 Å². The average Bonchev–Trinajstić information content (AvgIpc) is 2.55. The van der Waals surface area contributed by atoms with Crippen molar-refractivity contribution in [1.82, 2.24) is 0 Å². The fourth-order valence-electron chi connectivity index (χ4n) is 2.22. The molecule has 0 amide bonds. The summed E-state index contributed by atoms with van der Waals surface area (Å²) in [6, 6.07) is 9.23. The maximum absolute atomic E-state index is 11.3. The van der Waals surface area contributed by atoms with E-state index in [-0.39, 0.29) is 13.0 Å². The molecule has 7 nitrogen and oxygen atoms in total. The second-order valence-corrected chi connectivity index (χ2v) is 5.09. The van der Waals surface area contributed by atoms with Gasteiger partial charge in [-0.1, -0.05) is 30.3 Å². The average molecular weight is 312 g/mol. The minimum atomic E-state index is -1.47. The molecular formula is C15H20O7. The Bertz CT molecular complexity index is 478. The minimum Gasteiger partial charge on any atom is -0.469 e. The van der Waals surface area contributed by atoms with Gasteiger partial charge in [0.2, 0.25) is 0 Å². The fourth-order valence-corrected chi connectivity index (χ4v) is 2.22. The molecule has 0 radical (unpaired) electrons. The van der Waals surface area contributed by atoms with Crippen LogP contribution in [0.15, 0.2) is 30.3 Å². The van der Waals surface area contributed by atoms with Crippen molar-refractivity contribution in [1.29, 1.82) is 0 Å². The highest BCUT2D eigenvalue weighted by Crippen LogP contribution is 2.25. The van der Waals surface area contributed by atoms with Gasteiger partial charge < -0.3 is 29.5 Å². The zero-order valence-electron chi connectivity index (χ0n) is 12.2. The molecule has 5 atom stereocenters. The smallest absolute Gasteiger partial charge is 0.308 e. The number of benzene rings is 1. The molecule has 0 aromatic heterocycles. The summed E-state index contributed by atoms with van der Waals surface area (Å²) in [5.41, 5.74) is 0.864. The monoisotopic (exact) mass is 312 g/mol. The maximum atomic E-state index is 11.3. The lowest BCUT2D eigenvalue weighted by Gasteiger charge is -2.39. The van der Waals surface area contributed by atoms with Gasteiger partial charge in [-0.15, -0.1) is 0 Å². The summed E-state index contributed by atoms with van der Waals surface area (Å²) in [4.78, 5) is 11.3. The Morgan fingerprint density at radius 3 is 2.45 bits per heavy atom. The van der Waals surface area contributed by atoms with Crippen LogP contribution in [0.1, 0.15) is 12.0 Å². The quantitative estimate of drug-likeness (QED) is 0.634. The van der Waals surface area contributed by atoms with Crippen molar-refractivity contribution >= 4 is 5.97 Å². The van der Waals surface area contributed by atoms with Crippen molar-refractivity contribution in [3.63, 3.8) is 0 Å². The number of carbonyl (C=O) groups excluding carboxylic acids is 1. The van der Waals surface area contributed by atoms with E-state index in [2.05, 4.69) is 4.74 Å². The fraction of sp³-hybridized carbons (Fsp3) is 0.533. The van der Waals surface area contributed by atoms with E-state index in [9.17, 15) is 20.1 Å². The van der Waals surface area contributed by atoms with Gasteiger partial charge in [-0.25, -0.2) is 0 Å². The molecule has 3 N–H and O–H groups in total. The van der Waals surface area contributed by atoms with Crippen molar-refractivity contribution in [2.75, 3.05) is 7.11 Å². The van der Waals surface area contributed by atoms with E-state index in [1.807, 2.05) is 30.3 Å². The summed E-state index contributed by atoms with van der Waals surface area (Å²) in [6.07, 6.45) is -6.67. The van der Waals surface area contributed by atoms with E-state index in [0.717, 1.165) is 5.56 Å². The normalized spacial score (nSPS) is 31.7. The topological polar surface area (TPSA) is 105 Å². The number of ether oxygens (including phenoxy) is 3. The molecule has 0 unspecified atom stereocenters. The first kappa shape index (κ1) is 16.9. The van der Waals surface area contributed by atoms with E-state index in [0.29, 0.717) is 0 Å². The summed E-state index contributed by atoms with van der Waals surface area (Å²) in [6.45, 7) is 0.163. The summed E-state index contributed by atoms with van der Waals surface area (Å²) in [5, 5.41) is 29.6. The Kier molecular flexibility index (Phi) is 5.87. The Morgan fingerprint density at radius 1 is 1.14 bits per heavy atom. The molecular weight excluding hydrogens is 292 g/mol. The van der Waals surface area contributed by atoms with E-state index in [1.54, 1.807) is 0 Å². The van der Waals surface area contributed by atoms with Crippen LogP contribution in [0.3, 0.4) is 0 Å². The molecule has 22 heavy (non-hydrogen) atoms. The van der Waals surface area contributed by atoms with Crippen LogP contribution in [0, 0.1) is 0 Å². The van der Waals surface area contributed by atoms with E-state index < -0.39 is 36.7 Å². The molecule has 2 rings (SSSR count). The second kappa shape index (κ2) is 7.66. The molecule has 0 bridgehead atoms. The number of hydrogen-bond donors (Lipinski definition) is 3. The Morgan fingerprint density at radius 2 is 1.82 bits per heavy atom. The molecule has 7 heteroatoms. The van der Waals surface area contributed by atoms with E-state index >= 15 is 0 Å². The summed E-state index contributed by atoms with van der Waals surface area (Å²) in [7, 11) is 1.21. The first-order valence-corrected chi connectivity index (χ1v) is 6.95. The maximum Gasteiger partial charge on any atom is 0.308 e. The SMILES string of the molecule is COC(=O)C[C@H]1O[C@@H](OCc2ccccc2)[C@H](O)[C@@H](O)[C@@H]1O. The lowest BCUT2D eigenvalue weighted by Crippen LogP contribution is -2.58. The summed E-state index contributed by atoms with van der Waals surface area (Å²) >= 11 is 0. The third-order valence-corrected chi connectivity index (χ3v) is 3.52. The molecule has 1 aliphatic rings. The number of aliphatic hydroxyl groups is 3. The number of methoxy groups -OCH3 is 1. The minimum absolute atomic E-state index is 0.163. The van der Waals surface area contributed by atoms with Gasteiger partial charge in [0.25, 0.3) is 0 Å². The van der Waals surface area contributed by atoms with Crippen LogP contribution in [0.25, 0.3) is 0 Å². The molecule has 0 spiro atoms. The summed E-state index contributed by atoms with van der Waals surface area (Å²) in [5.74, 6) is -0.588. The standard InChI is InChI=1S/C15H20O7/c1-20-11(16)7-10-12(17)13(18)14(19)15(22-10)21-8-9-5-3-2-4-6-9/h2-6,10,12-15,17-19H,7-8H2,1H3/t10-,12-,13+,14-,15-/m1/s1. The van der Waals surface area contributed by atoms with Gasteiger partial charge in [0, 0.05) is 0 Å². The van der Waals surface area contributed by atoms with E-state index in [4.69, 9.17) is 9.47 Å². The van der Waals surface area contributed by atoms with Crippen molar-refractivity contribution in [2.45, 2.75) is 43.7 Å². The second-order valence-electron chi connectivity index (χ2n) is 5.09. The zero-order valence-corrected chi connectivity index (χ0v) is 12.2. The Balaban J connectivity index is 1.98. The van der Waals surface area contributed by atoms with Crippen LogP contribution in [-0.2, 0) is 25.6 Å². The molecule has 0 saturated carbocycles. The highest BCUT2D eigenvalue weighted by atomic mass is 16.7. The Hall–Kier alpha value is -1.51. The van der Waals surface area contributed by atoms with Crippen molar-refractivity contribution in [3.8, 4) is 0 Å². The molecule has 1 aromatic rings. The first-order valence-electron chi connectivity index (χ1n) is 6.95. The molecule has 1 fully saturated rings. The molecule has 0 aliphatic carbocycles. The molecule has 1 saturated heterocycles. The predicted octanol–water partition coefficient (Wildman–Crippen LogP) is -0.426. The van der Waals surface area contributed by atoms with Crippen molar-refractivity contribution in [3.05, 3.63) is 35.9 Å².